The number of carbonyl (C=O) groups excluding carboxylic acids is 1. The molecule has 1 saturated carbocycles. The summed E-state index contributed by atoms with van der Waals surface area (Å²) in [5.74, 6) is 0.751. The first kappa shape index (κ1) is 15.4. The molecule has 2 rings (SSSR count). The highest BCUT2D eigenvalue weighted by Crippen LogP contribution is 2.36. The molecule has 3 heteroatoms. The van der Waals surface area contributed by atoms with Crippen molar-refractivity contribution in [2.45, 2.75) is 45.4 Å². The van der Waals surface area contributed by atoms with Crippen LogP contribution in [0.5, 0.6) is 0 Å². The van der Waals surface area contributed by atoms with Gasteiger partial charge in [0.25, 0.3) is 0 Å². The maximum atomic E-state index is 12.0. The molecule has 1 fully saturated rings. The number of hydrogen-bond donors (Lipinski definition) is 1. The molecule has 1 N–H and O–H groups in total. The van der Waals surface area contributed by atoms with Gasteiger partial charge in [-0.3, -0.25) is 4.79 Å². The second-order valence-electron chi connectivity index (χ2n) is 6.13. The number of carbonyl (C=O) groups is 1. The molecule has 0 saturated heterocycles. The van der Waals surface area contributed by atoms with E-state index < -0.39 is 0 Å². The first-order chi connectivity index (χ1) is 9.63. The molecule has 0 unspecified atom stereocenters. The highest BCUT2D eigenvalue weighted by Gasteiger charge is 2.31. The van der Waals surface area contributed by atoms with Gasteiger partial charge in [0.1, 0.15) is 0 Å². The highest BCUT2D eigenvalue weighted by molar-refractivity contribution is 6.18. The average molecular weight is 294 g/mol. The Kier molecular flexibility index (Phi) is 5.47. The Balaban J connectivity index is 1.83. The summed E-state index contributed by atoms with van der Waals surface area (Å²) in [6, 6.07) is 8.13. The fraction of sp³-hybridized carbons (Fsp3) is 0.588. The third-order valence-electron chi connectivity index (χ3n) is 4.34. The normalized spacial score (nSPS) is 17.7. The van der Waals surface area contributed by atoms with Crippen molar-refractivity contribution in [1.29, 1.82) is 0 Å². The minimum atomic E-state index is 0.101. The molecule has 0 radical (unpaired) electrons. The van der Waals surface area contributed by atoms with Crippen LogP contribution in [0.4, 0.5) is 0 Å². The van der Waals surface area contributed by atoms with Gasteiger partial charge < -0.3 is 5.32 Å². The molecule has 110 valence electrons. The standard InChI is InChI=1S/C17H24ClNO/c1-14-5-7-15(8-6-14)11-16(20)19-13-17(12-18)9-3-2-4-10-17/h5-8H,2-4,9-13H2,1H3,(H,19,20). The quantitative estimate of drug-likeness (QED) is 0.821. The van der Waals surface area contributed by atoms with E-state index in [9.17, 15) is 4.79 Å². The van der Waals surface area contributed by atoms with E-state index in [4.69, 9.17) is 11.6 Å². The van der Waals surface area contributed by atoms with Crippen LogP contribution in [0.15, 0.2) is 24.3 Å². The third kappa shape index (κ3) is 4.24. The molecule has 1 aliphatic carbocycles. The molecule has 0 atom stereocenters. The number of aryl methyl sites for hydroxylation is 1. The Morgan fingerprint density at radius 2 is 1.85 bits per heavy atom. The molecule has 1 aromatic carbocycles. The van der Waals surface area contributed by atoms with E-state index in [1.54, 1.807) is 0 Å². The van der Waals surface area contributed by atoms with Crippen LogP contribution < -0.4 is 5.32 Å². The number of hydrogen-bond acceptors (Lipinski definition) is 1. The van der Waals surface area contributed by atoms with Crippen LogP contribution in [0.2, 0.25) is 0 Å². The molecule has 2 nitrogen and oxygen atoms in total. The third-order valence-corrected chi connectivity index (χ3v) is 4.91. The SMILES string of the molecule is Cc1ccc(CC(=O)NCC2(CCl)CCCCC2)cc1. The first-order valence-corrected chi connectivity index (χ1v) is 8.05. The number of amides is 1. The highest BCUT2D eigenvalue weighted by atomic mass is 35.5. The fourth-order valence-electron chi connectivity index (χ4n) is 2.90. The Bertz CT molecular complexity index is 435. The molecule has 0 spiro atoms. The minimum Gasteiger partial charge on any atom is -0.355 e. The van der Waals surface area contributed by atoms with E-state index in [1.165, 1.54) is 24.8 Å². The maximum Gasteiger partial charge on any atom is 0.224 e. The molecule has 0 heterocycles. The van der Waals surface area contributed by atoms with Crippen molar-refractivity contribution in [2.24, 2.45) is 5.41 Å². The number of nitrogens with one attached hydrogen (secondary N) is 1. The predicted octanol–water partition coefficient (Wildman–Crippen LogP) is 3.84. The van der Waals surface area contributed by atoms with Crippen LogP contribution in [0.1, 0.15) is 43.2 Å². The number of benzene rings is 1. The van der Waals surface area contributed by atoms with Crippen LogP contribution in [0, 0.1) is 12.3 Å². The van der Waals surface area contributed by atoms with Gasteiger partial charge in [0.2, 0.25) is 5.91 Å². The summed E-state index contributed by atoms with van der Waals surface area (Å²) in [5, 5.41) is 3.08. The van der Waals surface area contributed by atoms with Crippen molar-refractivity contribution in [3.63, 3.8) is 0 Å². The molecule has 0 aromatic heterocycles. The van der Waals surface area contributed by atoms with Gasteiger partial charge in [-0.15, -0.1) is 11.6 Å². The minimum absolute atomic E-state index is 0.101. The lowest BCUT2D eigenvalue weighted by Crippen LogP contribution is -2.40. The predicted molar refractivity (Wildman–Crippen MR) is 84.1 cm³/mol. The Morgan fingerprint density at radius 1 is 1.20 bits per heavy atom. The molecular formula is C17H24ClNO. The van der Waals surface area contributed by atoms with Gasteiger partial charge in [-0.05, 0) is 25.3 Å². The lowest BCUT2D eigenvalue weighted by molar-refractivity contribution is -0.121. The Labute approximate surface area is 126 Å². The van der Waals surface area contributed by atoms with Gasteiger partial charge in [-0.25, -0.2) is 0 Å². The number of halogens is 1. The van der Waals surface area contributed by atoms with E-state index in [0.717, 1.165) is 24.9 Å². The van der Waals surface area contributed by atoms with Crippen molar-refractivity contribution in [1.82, 2.24) is 5.32 Å². The molecular weight excluding hydrogens is 270 g/mol. The zero-order chi connectivity index (χ0) is 14.4. The van der Waals surface area contributed by atoms with Crippen LogP contribution in [-0.2, 0) is 11.2 Å². The molecule has 0 bridgehead atoms. The average Bonchev–Trinajstić information content (AvgIpc) is 2.49. The van der Waals surface area contributed by atoms with Crippen molar-refractivity contribution in [3.05, 3.63) is 35.4 Å². The van der Waals surface area contributed by atoms with Crippen molar-refractivity contribution in [3.8, 4) is 0 Å². The van der Waals surface area contributed by atoms with Gasteiger partial charge in [0.05, 0.1) is 6.42 Å². The number of alkyl halides is 1. The largest absolute Gasteiger partial charge is 0.355 e. The molecule has 0 aliphatic heterocycles. The first-order valence-electron chi connectivity index (χ1n) is 7.52. The topological polar surface area (TPSA) is 29.1 Å². The van der Waals surface area contributed by atoms with E-state index in [0.29, 0.717) is 12.3 Å². The summed E-state index contributed by atoms with van der Waals surface area (Å²) in [7, 11) is 0. The van der Waals surface area contributed by atoms with Crippen LogP contribution in [0.3, 0.4) is 0 Å². The van der Waals surface area contributed by atoms with Gasteiger partial charge in [0.15, 0.2) is 0 Å². The summed E-state index contributed by atoms with van der Waals surface area (Å²) < 4.78 is 0. The second-order valence-corrected chi connectivity index (χ2v) is 6.40. The summed E-state index contributed by atoms with van der Waals surface area (Å²) in [5.41, 5.74) is 2.41. The lowest BCUT2D eigenvalue weighted by Gasteiger charge is -2.35. The smallest absolute Gasteiger partial charge is 0.224 e. The van der Waals surface area contributed by atoms with E-state index >= 15 is 0 Å². The zero-order valence-corrected chi connectivity index (χ0v) is 13.0. The summed E-state index contributed by atoms with van der Waals surface area (Å²) in [6.45, 7) is 2.78. The monoisotopic (exact) mass is 293 g/mol. The molecule has 20 heavy (non-hydrogen) atoms. The zero-order valence-electron chi connectivity index (χ0n) is 12.3. The van der Waals surface area contributed by atoms with Crippen molar-refractivity contribution >= 4 is 17.5 Å². The fourth-order valence-corrected chi connectivity index (χ4v) is 3.26. The van der Waals surface area contributed by atoms with Gasteiger partial charge in [-0.1, -0.05) is 49.1 Å². The van der Waals surface area contributed by atoms with Crippen LogP contribution in [-0.4, -0.2) is 18.3 Å². The van der Waals surface area contributed by atoms with E-state index in [1.807, 2.05) is 24.3 Å². The van der Waals surface area contributed by atoms with Gasteiger partial charge in [-0.2, -0.15) is 0 Å². The Hall–Kier alpha value is -1.02. The van der Waals surface area contributed by atoms with E-state index in [-0.39, 0.29) is 11.3 Å². The van der Waals surface area contributed by atoms with Crippen molar-refractivity contribution < 1.29 is 4.79 Å². The van der Waals surface area contributed by atoms with Crippen LogP contribution >= 0.6 is 11.6 Å². The van der Waals surface area contributed by atoms with Gasteiger partial charge >= 0.3 is 0 Å². The van der Waals surface area contributed by atoms with Crippen molar-refractivity contribution in [2.75, 3.05) is 12.4 Å². The van der Waals surface area contributed by atoms with Gasteiger partial charge in [0, 0.05) is 17.8 Å². The summed E-state index contributed by atoms with van der Waals surface area (Å²) in [6.07, 6.45) is 6.51. The molecule has 1 aliphatic rings. The lowest BCUT2D eigenvalue weighted by atomic mass is 9.75. The summed E-state index contributed by atoms with van der Waals surface area (Å²) >= 11 is 6.15. The molecule has 1 amide bonds. The van der Waals surface area contributed by atoms with E-state index in [2.05, 4.69) is 12.2 Å². The summed E-state index contributed by atoms with van der Waals surface area (Å²) in [4.78, 5) is 12.0. The second kappa shape index (κ2) is 7.12. The Morgan fingerprint density at radius 3 is 2.45 bits per heavy atom. The molecule has 1 aromatic rings. The number of rotatable bonds is 5. The van der Waals surface area contributed by atoms with Crippen LogP contribution in [0.25, 0.3) is 0 Å². The maximum absolute atomic E-state index is 12.0.